The largest absolute Gasteiger partial charge is 0.481 e. The van der Waals surface area contributed by atoms with Gasteiger partial charge in [-0.2, -0.15) is 0 Å². The quantitative estimate of drug-likeness (QED) is 0.815. The molecule has 1 N–H and O–H groups in total. The second-order valence-corrected chi connectivity index (χ2v) is 4.60. The standard InChI is InChI=1S/C14H18O3/c1-8-5-6-12(9(2)7-8)13(15)10(3)11(4)14(16)17/h5-7,10-11H,1-4H3,(H,16,17). The average molecular weight is 234 g/mol. The van der Waals surface area contributed by atoms with Crippen molar-refractivity contribution in [2.75, 3.05) is 0 Å². The fourth-order valence-electron chi connectivity index (χ4n) is 1.78. The maximum Gasteiger partial charge on any atom is 0.306 e. The highest BCUT2D eigenvalue weighted by Crippen LogP contribution is 2.20. The van der Waals surface area contributed by atoms with Gasteiger partial charge in [0.1, 0.15) is 0 Å². The Morgan fingerprint density at radius 3 is 2.18 bits per heavy atom. The Hall–Kier alpha value is -1.64. The van der Waals surface area contributed by atoms with Crippen LogP contribution in [0.5, 0.6) is 0 Å². The molecule has 0 aliphatic rings. The van der Waals surface area contributed by atoms with Gasteiger partial charge >= 0.3 is 5.97 Å². The minimum absolute atomic E-state index is 0.0996. The van der Waals surface area contributed by atoms with Gasteiger partial charge in [0.05, 0.1) is 5.92 Å². The van der Waals surface area contributed by atoms with Crippen LogP contribution in [0.3, 0.4) is 0 Å². The molecule has 0 heterocycles. The van der Waals surface area contributed by atoms with Crippen LogP contribution in [-0.2, 0) is 4.79 Å². The maximum absolute atomic E-state index is 12.2. The van der Waals surface area contributed by atoms with Crippen LogP contribution in [0.2, 0.25) is 0 Å². The second kappa shape index (κ2) is 5.13. The number of carbonyl (C=O) groups excluding carboxylic acids is 1. The Bertz CT molecular complexity index is 449. The first kappa shape index (κ1) is 13.4. The molecule has 1 aromatic rings. The number of hydrogen-bond acceptors (Lipinski definition) is 2. The number of benzene rings is 1. The van der Waals surface area contributed by atoms with Gasteiger partial charge in [0.25, 0.3) is 0 Å². The highest BCUT2D eigenvalue weighted by molar-refractivity contribution is 6.00. The zero-order chi connectivity index (χ0) is 13.2. The van der Waals surface area contributed by atoms with Crippen LogP contribution in [0, 0.1) is 25.7 Å². The molecule has 0 bridgehead atoms. The lowest BCUT2D eigenvalue weighted by Crippen LogP contribution is -2.25. The molecule has 0 aliphatic heterocycles. The van der Waals surface area contributed by atoms with E-state index in [9.17, 15) is 9.59 Å². The predicted octanol–water partition coefficient (Wildman–Crippen LogP) is 2.84. The normalized spacial score (nSPS) is 14.1. The van der Waals surface area contributed by atoms with E-state index in [2.05, 4.69) is 0 Å². The molecule has 0 fully saturated rings. The fourth-order valence-corrected chi connectivity index (χ4v) is 1.78. The smallest absolute Gasteiger partial charge is 0.306 e. The van der Waals surface area contributed by atoms with E-state index in [-0.39, 0.29) is 5.78 Å². The van der Waals surface area contributed by atoms with Crippen LogP contribution in [-0.4, -0.2) is 16.9 Å². The Balaban J connectivity index is 3.00. The first-order valence-corrected chi connectivity index (χ1v) is 5.69. The monoisotopic (exact) mass is 234 g/mol. The molecule has 17 heavy (non-hydrogen) atoms. The van der Waals surface area contributed by atoms with Gasteiger partial charge in [-0.25, -0.2) is 0 Å². The summed E-state index contributed by atoms with van der Waals surface area (Å²) >= 11 is 0. The van der Waals surface area contributed by atoms with E-state index in [1.807, 2.05) is 26.0 Å². The Kier molecular flexibility index (Phi) is 4.05. The molecule has 1 aromatic carbocycles. The molecule has 92 valence electrons. The topological polar surface area (TPSA) is 54.4 Å². The molecular weight excluding hydrogens is 216 g/mol. The van der Waals surface area contributed by atoms with Crippen LogP contribution in [0.4, 0.5) is 0 Å². The summed E-state index contributed by atoms with van der Waals surface area (Å²) in [6.45, 7) is 7.07. The van der Waals surface area contributed by atoms with Crippen molar-refractivity contribution in [3.8, 4) is 0 Å². The molecule has 0 saturated carbocycles. The summed E-state index contributed by atoms with van der Waals surface area (Å²) in [4.78, 5) is 23.0. The minimum atomic E-state index is -0.935. The fraction of sp³-hybridized carbons (Fsp3) is 0.429. The molecule has 3 nitrogen and oxygen atoms in total. The summed E-state index contributed by atoms with van der Waals surface area (Å²) in [6.07, 6.45) is 0. The Labute approximate surface area is 101 Å². The molecule has 0 radical (unpaired) electrons. The van der Waals surface area contributed by atoms with Gasteiger partial charge in [-0.05, 0) is 19.4 Å². The number of aryl methyl sites for hydroxylation is 2. The summed E-state index contributed by atoms with van der Waals surface area (Å²) in [6, 6.07) is 5.59. The van der Waals surface area contributed by atoms with E-state index in [1.54, 1.807) is 19.9 Å². The number of rotatable bonds is 4. The van der Waals surface area contributed by atoms with E-state index in [0.29, 0.717) is 5.56 Å². The molecule has 0 aromatic heterocycles. The van der Waals surface area contributed by atoms with Crippen molar-refractivity contribution in [1.82, 2.24) is 0 Å². The molecule has 0 amide bonds. The van der Waals surface area contributed by atoms with Crippen molar-refractivity contribution in [1.29, 1.82) is 0 Å². The van der Waals surface area contributed by atoms with Gasteiger partial charge in [-0.1, -0.05) is 37.6 Å². The van der Waals surface area contributed by atoms with Crippen molar-refractivity contribution >= 4 is 11.8 Å². The van der Waals surface area contributed by atoms with Gasteiger partial charge < -0.3 is 5.11 Å². The molecule has 3 heteroatoms. The number of hydrogen-bond donors (Lipinski definition) is 1. The summed E-state index contributed by atoms with van der Waals surface area (Å²) in [5, 5.41) is 8.91. The van der Waals surface area contributed by atoms with Crippen LogP contribution in [0.1, 0.15) is 35.3 Å². The number of carboxylic acids is 1. The highest BCUT2D eigenvalue weighted by atomic mass is 16.4. The lowest BCUT2D eigenvalue weighted by atomic mass is 9.86. The summed E-state index contributed by atoms with van der Waals surface area (Å²) < 4.78 is 0. The lowest BCUT2D eigenvalue weighted by molar-refractivity contribution is -0.142. The second-order valence-electron chi connectivity index (χ2n) is 4.60. The van der Waals surface area contributed by atoms with E-state index < -0.39 is 17.8 Å². The van der Waals surface area contributed by atoms with E-state index >= 15 is 0 Å². The lowest BCUT2D eigenvalue weighted by Gasteiger charge is -2.16. The molecule has 0 aliphatic carbocycles. The summed E-state index contributed by atoms with van der Waals surface area (Å²) in [5.74, 6) is -2.20. The van der Waals surface area contributed by atoms with Crippen molar-refractivity contribution in [3.05, 3.63) is 34.9 Å². The number of carboxylic acid groups (broad SMARTS) is 1. The van der Waals surface area contributed by atoms with Gasteiger partial charge in [-0.15, -0.1) is 0 Å². The summed E-state index contributed by atoms with van der Waals surface area (Å²) in [5.41, 5.74) is 2.62. The maximum atomic E-state index is 12.2. The zero-order valence-corrected chi connectivity index (χ0v) is 10.7. The van der Waals surface area contributed by atoms with Crippen molar-refractivity contribution in [2.45, 2.75) is 27.7 Å². The van der Waals surface area contributed by atoms with E-state index in [0.717, 1.165) is 11.1 Å². The third-order valence-electron chi connectivity index (χ3n) is 3.20. The van der Waals surface area contributed by atoms with Crippen LogP contribution >= 0.6 is 0 Å². The van der Waals surface area contributed by atoms with Crippen molar-refractivity contribution < 1.29 is 14.7 Å². The SMILES string of the molecule is Cc1ccc(C(=O)C(C)C(C)C(=O)O)c(C)c1. The van der Waals surface area contributed by atoms with E-state index in [1.165, 1.54) is 0 Å². The number of aliphatic carboxylic acids is 1. The molecule has 2 atom stereocenters. The van der Waals surface area contributed by atoms with Gasteiger partial charge in [-0.3, -0.25) is 9.59 Å². The van der Waals surface area contributed by atoms with Gasteiger partial charge in [0.15, 0.2) is 5.78 Å². The molecule has 0 saturated heterocycles. The molecule has 0 spiro atoms. The zero-order valence-electron chi connectivity index (χ0n) is 10.7. The third-order valence-corrected chi connectivity index (χ3v) is 3.20. The highest BCUT2D eigenvalue weighted by Gasteiger charge is 2.27. The van der Waals surface area contributed by atoms with Gasteiger partial charge in [0.2, 0.25) is 0 Å². The van der Waals surface area contributed by atoms with Crippen LogP contribution in [0.25, 0.3) is 0 Å². The van der Waals surface area contributed by atoms with Crippen LogP contribution in [0.15, 0.2) is 18.2 Å². The third kappa shape index (κ3) is 2.93. The Morgan fingerprint density at radius 2 is 1.71 bits per heavy atom. The molecule has 2 unspecified atom stereocenters. The van der Waals surface area contributed by atoms with E-state index in [4.69, 9.17) is 5.11 Å². The first-order chi connectivity index (χ1) is 7.84. The predicted molar refractivity (Wildman–Crippen MR) is 66.2 cm³/mol. The number of ketones is 1. The molecular formula is C14H18O3. The Morgan fingerprint density at radius 1 is 1.12 bits per heavy atom. The van der Waals surface area contributed by atoms with Crippen LogP contribution < -0.4 is 0 Å². The number of carbonyl (C=O) groups is 2. The minimum Gasteiger partial charge on any atom is -0.481 e. The van der Waals surface area contributed by atoms with Gasteiger partial charge in [0, 0.05) is 11.5 Å². The summed E-state index contributed by atoms with van der Waals surface area (Å²) in [7, 11) is 0. The first-order valence-electron chi connectivity index (χ1n) is 5.69. The number of Topliss-reactive ketones (excluding diaryl/α,β-unsaturated/α-hetero) is 1. The average Bonchev–Trinajstić information content (AvgIpc) is 2.26. The van der Waals surface area contributed by atoms with Crippen molar-refractivity contribution in [2.24, 2.45) is 11.8 Å². The van der Waals surface area contributed by atoms with Crippen molar-refractivity contribution in [3.63, 3.8) is 0 Å². The molecule has 1 rings (SSSR count).